The first-order valence-corrected chi connectivity index (χ1v) is 15.1. The highest BCUT2D eigenvalue weighted by Crippen LogP contribution is 2.30. The van der Waals surface area contributed by atoms with Crippen LogP contribution in [0.25, 0.3) is 11.1 Å². The van der Waals surface area contributed by atoms with Crippen LogP contribution in [0.2, 0.25) is 0 Å². The number of nitrogens with zero attached hydrogens (tertiary/aromatic N) is 2. The number of thioether (sulfide) groups is 1. The lowest BCUT2D eigenvalue weighted by Crippen LogP contribution is -2.39. The average molecular weight is 585 g/mol. The van der Waals surface area contributed by atoms with Crippen LogP contribution in [0.3, 0.4) is 0 Å². The third-order valence-electron chi connectivity index (χ3n) is 6.37. The van der Waals surface area contributed by atoms with Gasteiger partial charge in [-0.05, 0) is 40.9 Å². The molecule has 0 aliphatic carbocycles. The van der Waals surface area contributed by atoms with Gasteiger partial charge >= 0.3 is 6.03 Å². The Hall–Kier alpha value is -3.70. The number of benzene rings is 3. The number of nitrogens with one attached hydrogen (secondary N) is 2. The van der Waals surface area contributed by atoms with Gasteiger partial charge in [-0.2, -0.15) is 8.78 Å². The highest BCUT2D eigenvalue weighted by molar-refractivity contribution is 7.99. The van der Waals surface area contributed by atoms with Crippen LogP contribution >= 0.6 is 11.8 Å². The quantitative estimate of drug-likeness (QED) is 0.194. The van der Waals surface area contributed by atoms with Gasteiger partial charge in [0.25, 0.3) is 15.8 Å². The van der Waals surface area contributed by atoms with Crippen LogP contribution < -0.4 is 10.0 Å². The van der Waals surface area contributed by atoms with Gasteiger partial charge in [-0.25, -0.2) is 22.9 Å². The van der Waals surface area contributed by atoms with E-state index in [1.54, 1.807) is 36.5 Å². The normalized spacial score (nSPS) is 12.3. The predicted octanol–water partition coefficient (Wildman–Crippen LogP) is 6.61. The number of aromatic nitrogens is 2. The zero-order valence-corrected chi connectivity index (χ0v) is 23.7. The molecule has 0 bridgehead atoms. The lowest BCUT2D eigenvalue weighted by molar-refractivity contribution is 0.245. The molecule has 0 saturated heterocycles. The fourth-order valence-corrected chi connectivity index (χ4v) is 5.85. The number of hydrogen-bond donors (Lipinski definition) is 2. The second kappa shape index (κ2) is 13.1. The van der Waals surface area contributed by atoms with Gasteiger partial charge in [-0.1, -0.05) is 86.6 Å². The summed E-state index contributed by atoms with van der Waals surface area (Å²) in [5.74, 6) is -1.71. The Labute approximate surface area is 237 Å². The summed E-state index contributed by atoms with van der Waals surface area (Å²) in [4.78, 5) is 16.8. The molecule has 0 spiro atoms. The molecule has 210 valence electrons. The number of alkyl halides is 2. The van der Waals surface area contributed by atoms with E-state index in [1.807, 2.05) is 60.9 Å². The summed E-state index contributed by atoms with van der Waals surface area (Å²) in [5, 5.41) is 2.84. The standard InChI is InChI=1S/C29H30F2N4O3S2/c1-3-20(2)27-33-26(39-28(30)31)19-35(27)18-22-13-15-23(16-14-22)24-11-7-8-12-25(24)40(37,38)34-29(36)32-17-21-9-5-4-6-10-21/h4-16,19-20,28H,3,17-18H2,1-2H3,(H2,32,34,36). The molecule has 1 aromatic heterocycles. The number of carbonyl (C=O) groups excluding carboxylic acids is 1. The number of rotatable bonds is 11. The van der Waals surface area contributed by atoms with E-state index in [-0.39, 0.29) is 22.4 Å². The van der Waals surface area contributed by atoms with Gasteiger partial charge < -0.3 is 9.88 Å². The maximum absolute atomic E-state index is 13.1. The van der Waals surface area contributed by atoms with Crippen molar-refractivity contribution in [3.8, 4) is 11.1 Å². The third kappa shape index (κ3) is 7.48. The Morgan fingerprint density at radius 3 is 2.33 bits per heavy atom. The van der Waals surface area contributed by atoms with E-state index >= 15 is 0 Å². The number of carbonyl (C=O) groups is 1. The molecule has 0 radical (unpaired) electrons. The minimum atomic E-state index is -4.16. The zero-order valence-electron chi connectivity index (χ0n) is 22.1. The number of urea groups is 1. The minimum Gasteiger partial charge on any atom is -0.333 e. The molecule has 3 aromatic carbocycles. The molecule has 2 amide bonds. The highest BCUT2D eigenvalue weighted by atomic mass is 32.2. The van der Waals surface area contributed by atoms with Gasteiger partial charge in [0.2, 0.25) is 0 Å². The molecule has 40 heavy (non-hydrogen) atoms. The lowest BCUT2D eigenvalue weighted by atomic mass is 10.0. The number of amides is 2. The summed E-state index contributed by atoms with van der Waals surface area (Å²) in [6.45, 7) is 4.64. The Morgan fingerprint density at radius 1 is 0.975 bits per heavy atom. The Bertz CT molecular complexity index is 1540. The number of imidazole rings is 1. The molecule has 0 fully saturated rings. The van der Waals surface area contributed by atoms with E-state index in [2.05, 4.69) is 15.0 Å². The molecular weight excluding hydrogens is 554 g/mol. The molecule has 1 unspecified atom stereocenters. The van der Waals surface area contributed by atoms with Crippen molar-refractivity contribution < 1.29 is 22.0 Å². The first-order valence-electron chi connectivity index (χ1n) is 12.7. The van der Waals surface area contributed by atoms with Crippen LogP contribution in [0.4, 0.5) is 13.6 Å². The third-order valence-corrected chi connectivity index (χ3v) is 8.37. The zero-order chi connectivity index (χ0) is 28.7. The summed E-state index contributed by atoms with van der Waals surface area (Å²) in [7, 11) is -4.16. The maximum Gasteiger partial charge on any atom is 0.328 e. The van der Waals surface area contributed by atoms with Crippen molar-refractivity contribution in [3.05, 3.63) is 102 Å². The Balaban J connectivity index is 1.51. The molecule has 2 N–H and O–H groups in total. The molecule has 0 aliphatic rings. The molecule has 7 nitrogen and oxygen atoms in total. The first kappa shape index (κ1) is 29.3. The summed E-state index contributed by atoms with van der Waals surface area (Å²) in [5.41, 5.74) is 2.83. The maximum atomic E-state index is 13.1. The second-order valence-electron chi connectivity index (χ2n) is 9.22. The van der Waals surface area contributed by atoms with Crippen molar-refractivity contribution in [1.82, 2.24) is 19.6 Å². The van der Waals surface area contributed by atoms with E-state index in [0.717, 1.165) is 23.4 Å². The van der Waals surface area contributed by atoms with Crippen molar-refractivity contribution in [2.75, 3.05) is 0 Å². The molecular formula is C29H30F2N4O3S2. The van der Waals surface area contributed by atoms with Crippen LogP contribution in [0.15, 0.2) is 95.0 Å². The molecule has 4 aromatic rings. The summed E-state index contributed by atoms with van der Waals surface area (Å²) >= 11 is 0.425. The summed E-state index contributed by atoms with van der Waals surface area (Å²) < 4.78 is 56.1. The predicted molar refractivity (Wildman–Crippen MR) is 153 cm³/mol. The first-order chi connectivity index (χ1) is 19.2. The Kier molecular flexibility index (Phi) is 9.59. The van der Waals surface area contributed by atoms with Crippen molar-refractivity contribution in [2.24, 2.45) is 0 Å². The smallest absolute Gasteiger partial charge is 0.328 e. The number of hydrogen-bond acceptors (Lipinski definition) is 5. The SMILES string of the molecule is CCC(C)c1nc(SC(F)F)cn1Cc1ccc(-c2ccccc2S(=O)(=O)NC(=O)NCc2ccccc2)cc1. The van der Waals surface area contributed by atoms with Crippen LogP contribution in [-0.4, -0.2) is 29.8 Å². The molecule has 0 saturated carbocycles. The topological polar surface area (TPSA) is 93.1 Å². The monoisotopic (exact) mass is 584 g/mol. The molecule has 1 atom stereocenters. The van der Waals surface area contributed by atoms with Crippen molar-refractivity contribution >= 4 is 27.8 Å². The van der Waals surface area contributed by atoms with E-state index in [1.165, 1.54) is 6.07 Å². The molecule has 4 rings (SSSR count). The molecule has 1 heterocycles. The van der Waals surface area contributed by atoms with Crippen molar-refractivity contribution in [3.63, 3.8) is 0 Å². The minimum absolute atomic E-state index is 0.0278. The average Bonchev–Trinajstić information content (AvgIpc) is 3.33. The van der Waals surface area contributed by atoms with Crippen LogP contribution in [0.1, 0.15) is 43.1 Å². The van der Waals surface area contributed by atoms with Gasteiger partial charge in [0.1, 0.15) is 10.9 Å². The van der Waals surface area contributed by atoms with Gasteiger partial charge in [-0.15, -0.1) is 0 Å². The van der Waals surface area contributed by atoms with E-state index in [4.69, 9.17) is 0 Å². The molecule has 11 heteroatoms. The van der Waals surface area contributed by atoms with Gasteiger partial charge in [0, 0.05) is 30.8 Å². The Morgan fingerprint density at radius 2 is 1.65 bits per heavy atom. The van der Waals surface area contributed by atoms with Gasteiger partial charge in [0.15, 0.2) is 0 Å². The summed E-state index contributed by atoms with van der Waals surface area (Å²) in [6, 6.07) is 22.1. The van der Waals surface area contributed by atoms with Crippen LogP contribution in [0.5, 0.6) is 0 Å². The lowest BCUT2D eigenvalue weighted by Gasteiger charge is -2.14. The van der Waals surface area contributed by atoms with E-state index < -0.39 is 21.8 Å². The number of halogens is 2. The van der Waals surface area contributed by atoms with Crippen LogP contribution in [-0.2, 0) is 23.1 Å². The van der Waals surface area contributed by atoms with E-state index in [0.29, 0.717) is 29.4 Å². The fourth-order valence-electron chi connectivity index (χ4n) is 4.17. The van der Waals surface area contributed by atoms with Crippen LogP contribution in [0, 0.1) is 0 Å². The van der Waals surface area contributed by atoms with Gasteiger partial charge in [0.05, 0.1) is 4.90 Å². The summed E-state index contributed by atoms with van der Waals surface area (Å²) in [6.07, 6.45) is 2.46. The van der Waals surface area contributed by atoms with Crippen molar-refractivity contribution in [1.29, 1.82) is 0 Å². The fraction of sp³-hybridized carbons (Fsp3) is 0.241. The molecule has 0 aliphatic heterocycles. The second-order valence-corrected chi connectivity index (χ2v) is 11.9. The highest BCUT2D eigenvalue weighted by Gasteiger charge is 2.22. The van der Waals surface area contributed by atoms with Crippen molar-refractivity contribution in [2.45, 2.75) is 55.0 Å². The number of sulfonamides is 1. The van der Waals surface area contributed by atoms with E-state index in [9.17, 15) is 22.0 Å². The van der Waals surface area contributed by atoms with Gasteiger partial charge in [-0.3, -0.25) is 0 Å². The largest absolute Gasteiger partial charge is 0.333 e.